The molecule has 26 nitrogen and oxygen atoms in total. The number of imidazole rings is 2. The van der Waals surface area contributed by atoms with Crippen LogP contribution in [0.1, 0.15) is 12.5 Å². The van der Waals surface area contributed by atoms with Crippen molar-refractivity contribution in [2.75, 3.05) is 24.7 Å². The average molecular weight is 837 g/mol. The first kappa shape index (κ1) is 40.1. The van der Waals surface area contributed by atoms with Gasteiger partial charge in [0.2, 0.25) is 0 Å². The summed E-state index contributed by atoms with van der Waals surface area (Å²) < 4.78 is 33.0. The molecule has 54 heavy (non-hydrogen) atoms. The third kappa shape index (κ3) is 8.05. The van der Waals surface area contributed by atoms with E-state index in [1.54, 1.807) is 0 Å². The number of hydrogen-bond acceptors (Lipinski definition) is 26. The second-order valence-corrected chi connectivity index (χ2v) is 16.8. The first-order valence-corrected chi connectivity index (χ1v) is 20.1. The van der Waals surface area contributed by atoms with Crippen molar-refractivity contribution in [3.63, 3.8) is 0 Å². The zero-order chi connectivity index (χ0) is 39.3. The van der Waals surface area contributed by atoms with Crippen LogP contribution in [0.5, 0.6) is 0 Å². The van der Waals surface area contributed by atoms with Crippen molar-refractivity contribution in [3.05, 3.63) is 25.3 Å². The maximum atomic E-state index is 13.0. The Bertz CT molecular complexity index is 2000. The molecule has 0 spiro atoms. The molecule has 0 radical (unpaired) electrons. The summed E-state index contributed by atoms with van der Waals surface area (Å²) in [6.45, 7) is -12.0. The quantitative estimate of drug-likeness (QED) is 0.0606. The third-order valence-electron chi connectivity index (χ3n) is 8.02. The molecular formula is C24H26N10O16P2S2-4. The number of anilines is 2. The topological polar surface area (TPSA) is 402 Å². The van der Waals surface area contributed by atoms with Gasteiger partial charge in [-0.15, -0.1) is 0 Å². The highest BCUT2D eigenvalue weighted by Crippen LogP contribution is 2.46. The van der Waals surface area contributed by atoms with Gasteiger partial charge in [0, 0.05) is 0 Å². The fraction of sp³-hybridized carbons (Fsp3) is 0.500. The molecule has 0 amide bonds. The average Bonchev–Trinajstić information content (AvgIpc) is 3.87. The van der Waals surface area contributed by atoms with E-state index in [2.05, 4.69) is 29.9 Å². The Labute approximate surface area is 310 Å². The van der Waals surface area contributed by atoms with Crippen LogP contribution in [0, 0.1) is 0 Å². The van der Waals surface area contributed by atoms with Gasteiger partial charge in [-0.1, -0.05) is 23.6 Å². The second-order valence-electron chi connectivity index (χ2n) is 11.4. The Morgan fingerprint density at radius 2 is 1.09 bits per heavy atom. The van der Waals surface area contributed by atoms with Crippen molar-refractivity contribution in [2.24, 2.45) is 0 Å². The summed E-state index contributed by atoms with van der Waals surface area (Å²) in [6.07, 6.45) is -13.8. The van der Waals surface area contributed by atoms with Gasteiger partial charge in [-0.25, -0.2) is 29.9 Å². The molecule has 12 atom stereocenters. The lowest BCUT2D eigenvalue weighted by Gasteiger charge is -2.40. The molecule has 2 aliphatic heterocycles. The van der Waals surface area contributed by atoms with E-state index in [0.717, 1.165) is 12.7 Å². The fourth-order valence-electron chi connectivity index (χ4n) is 5.42. The smallest absolute Gasteiger partial charge is 0.167 e. The van der Waals surface area contributed by atoms with Crippen LogP contribution in [0.15, 0.2) is 25.3 Å². The van der Waals surface area contributed by atoms with Crippen molar-refractivity contribution in [2.45, 2.75) is 61.3 Å². The van der Waals surface area contributed by atoms with Crippen LogP contribution in [0.4, 0.5) is 11.6 Å². The molecule has 8 N–H and O–H groups in total. The number of aliphatic hydroxyl groups excluding tert-OH is 4. The Kier molecular flexibility index (Phi) is 11.5. The number of ether oxygens (including phenoxy) is 2. The van der Waals surface area contributed by atoms with Crippen molar-refractivity contribution >= 4 is 83.0 Å². The molecule has 0 aromatic carbocycles. The van der Waals surface area contributed by atoms with Gasteiger partial charge in [0.15, 0.2) is 35.4 Å². The van der Waals surface area contributed by atoms with E-state index in [1.165, 1.54) is 21.8 Å². The number of nitrogen functional groups attached to an aromatic ring is 2. The molecule has 2 aliphatic rings. The summed E-state index contributed by atoms with van der Waals surface area (Å²) in [6, 6.07) is 0. The molecule has 4 aromatic heterocycles. The molecule has 2 fully saturated rings. The van der Waals surface area contributed by atoms with E-state index in [1.807, 2.05) is 0 Å². The molecular weight excluding hydrogens is 810 g/mol. The standard InChI is InChI=1S/C24H30N10O16P2S2/c25-17-9-19(29-3-27-17)33(5-31-9)21-13(37)11(35)7(47-21)1-45-51(43,53)49-15(23(39)40)16(24(41)42)50-52(44,54)46-2-8-12(36)14(38)22(48-8)34-6-32-10-18(26)28-4-30-20(10)34/h3-8,11-16,21-22,35-38H,1-2H2,(H,39,40)(H,41,42)(H,43,53)(H,44,54)(H2,25,27,29)(H2,26,28,30)/p-4. The van der Waals surface area contributed by atoms with Crippen LogP contribution in [0.3, 0.4) is 0 Å². The minimum Gasteiger partial charge on any atom is -0.780 e. The molecule has 294 valence electrons. The molecule has 12 unspecified atom stereocenters. The summed E-state index contributed by atoms with van der Waals surface area (Å²) in [5.41, 5.74) is 12.1. The number of rotatable bonds is 15. The van der Waals surface area contributed by atoms with E-state index in [-0.39, 0.29) is 34.0 Å². The minimum absolute atomic E-state index is 0.00842. The second kappa shape index (κ2) is 15.5. The van der Waals surface area contributed by atoms with Gasteiger partial charge in [0.25, 0.3) is 0 Å². The minimum atomic E-state index is -5.09. The predicted octanol–water partition coefficient (Wildman–Crippen LogP) is -7.46. The van der Waals surface area contributed by atoms with Crippen LogP contribution < -0.4 is 31.5 Å². The molecule has 2 saturated heterocycles. The van der Waals surface area contributed by atoms with Gasteiger partial charge in [0.1, 0.15) is 86.0 Å². The number of aliphatic carboxylic acids is 2. The molecule has 6 heterocycles. The first-order chi connectivity index (χ1) is 25.4. The van der Waals surface area contributed by atoms with Crippen LogP contribution in [0.2, 0.25) is 0 Å². The zero-order valence-electron chi connectivity index (χ0n) is 26.6. The molecule has 0 saturated carbocycles. The SMILES string of the molecule is Nc1ncnc2c1ncn2C1OC(COP([O-])(=S)OC(C(=O)[O-])C(OP([O-])(=S)OCC2OC(n3cnc4c(N)ncnc43)C(O)C2O)C(=O)[O-])C(O)C1O. The summed E-state index contributed by atoms with van der Waals surface area (Å²) >= 11 is 9.39. The highest BCUT2D eigenvalue weighted by molar-refractivity contribution is 8.06. The lowest BCUT2D eigenvalue weighted by molar-refractivity contribution is -0.335. The van der Waals surface area contributed by atoms with E-state index >= 15 is 0 Å². The van der Waals surface area contributed by atoms with Crippen molar-refractivity contribution in [1.82, 2.24) is 39.0 Å². The number of aromatic nitrogens is 8. The molecule has 6 rings (SSSR count). The number of aliphatic hydroxyl groups is 4. The van der Waals surface area contributed by atoms with Crippen LogP contribution in [-0.4, -0.2) is 133 Å². The van der Waals surface area contributed by atoms with Crippen molar-refractivity contribution in [1.29, 1.82) is 0 Å². The highest BCUT2D eigenvalue weighted by Gasteiger charge is 2.46. The molecule has 0 bridgehead atoms. The lowest BCUT2D eigenvalue weighted by Crippen LogP contribution is -2.54. The number of fused-ring (bicyclic) bond motifs is 2. The maximum absolute atomic E-state index is 13.0. The number of nitrogens with zero attached hydrogens (tertiary/aromatic N) is 8. The molecule has 0 aliphatic carbocycles. The predicted molar refractivity (Wildman–Crippen MR) is 172 cm³/mol. The summed E-state index contributed by atoms with van der Waals surface area (Å²) in [4.78, 5) is 73.6. The number of carboxylic acids is 2. The summed E-state index contributed by atoms with van der Waals surface area (Å²) in [5, 5.41) is 66.2. The van der Waals surface area contributed by atoms with Gasteiger partial charge in [-0.05, 0) is 0 Å². The van der Waals surface area contributed by atoms with Crippen molar-refractivity contribution < 1.29 is 77.6 Å². The van der Waals surface area contributed by atoms with E-state index in [9.17, 15) is 50.0 Å². The number of hydrogen-bond donors (Lipinski definition) is 6. The summed E-state index contributed by atoms with van der Waals surface area (Å²) in [5.74, 6) is -4.83. The summed E-state index contributed by atoms with van der Waals surface area (Å²) in [7, 11) is 0. The number of carbonyl (C=O) groups excluding carboxylic acids is 2. The highest BCUT2D eigenvalue weighted by atomic mass is 32.5. The van der Waals surface area contributed by atoms with Gasteiger partial charge >= 0.3 is 0 Å². The fourth-order valence-corrected chi connectivity index (χ4v) is 8.07. The Morgan fingerprint density at radius 1 is 0.722 bits per heavy atom. The van der Waals surface area contributed by atoms with Crippen LogP contribution in [0.25, 0.3) is 22.3 Å². The van der Waals surface area contributed by atoms with Gasteiger partial charge in [-0.3, -0.25) is 9.13 Å². The van der Waals surface area contributed by atoms with Crippen LogP contribution >= 0.6 is 13.4 Å². The number of nitrogens with two attached hydrogens (primary N) is 2. The van der Waals surface area contributed by atoms with E-state index in [4.69, 9.17) is 62.6 Å². The van der Waals surface area contributed by atoms with Gasteiger partial charge in [-0.2, -0.15) is 0 Å². The first-order valence-electron chi connectivity index (χ1n) is 15.0. The lowest BCUT2D eigenvalue weighted by atomic mass is 10.1. The zero-order valence-corrected chi connectivity index (χ0v) is 30.1. The Morgan fingerprint density at radius 3 is 1.44 bits per heavy atom. The Balaban J connectivity index is 1.08. The maximum Gasteiger partial charge on any atom is 0.167 e. The monoisotopic (exact) mass is 836 g/mol. The Hall–Kier alpha value is -3.54. The van der Waals surface area contributed by atoms with Gasteiger partial charge in [0.05, 0.1) is 37.8 Å². The number of carbonyl (C=O) groups is 2. The largest absolute Gasteiger partial charge is 0.780 e. The normalized spacial score (nSPS) is 29.2. The van der Waals surface area contributed by atoms with Gasteiger partial charge < -0.3 is 89.1 Å². The van der Waals surface area contributed by atoms with Crippen LogP contribution in [-0.2, 0) is 60.8 Å². The molecule has 30 heteroatoms. The number of carboxylic acid groups (broad SMARTS) is 2. The third-order valence-corrected chi connectivity index (χ3v) is 11.1. The van der Waals surface area contributed by atoms with Crippen molar-refractivity contribution in [3.8, 4) is 0 Å². The molecule has 4 aromatic rings. The van der Waals surface area contributed by atoms with E-state index in [0.29, 0.717) is 0 Å². The van der Waals surface area contributed by atoms with E-state index < -0.39 is 99.9 Å².